The maximum atomic E-state index is 11.9. The third kappa shape index (κ3) is 3.75. The average Bonchev–Trinajstić information content (AvgIpc) is 2.55. The van der Waals surface area contributed by atoms with Crippen molar-refractivity contribution in [1.82, 2.24) is 15.0 Å². The fraction of sp³-hybridized carbons (Fsp3) is 0.176. The molecular formula is C17H18N6O. The molecule has 3 rings (SSSR count). The third-order valence-electron chi connectivity index (χ3n) is 3.42. The van der Waals surface area contributed by atoms with E-state index in [0.29, 0.717) is 24.1 Å². The Kier molecular flexibility index (Phi) is 4.51. The summed E-state index contributed by atoms with van der Waals surface area (Å²) in [6.45, 7) is 2.27. The van der Waals surface area contributed by atoms with Gasteiger partial charge in [0, 0.05) is 24.0 Å². The lowest BCUT2D eigenvalue weighted by atomic mass is 10.2. The van der Waals surface area contributed by atoms with Crippen LogP contribution in [0, 0.1) is 6.92 Å². The highest BCUT2D eigenvalue weighted by atomic mass is 16.1. The first-order chi connectivity index (χ1) is 11.6. The lowest BCUT2D eigenvalue weighted by molar-refractivity contribution is -0.116. The first kappa shape index (κ1) is 15.7. The molecule has 0 spiro atoms. The highest BCUT2D eigenvalue weighted by molar-refractivity contribution is 5.90. The fourth-order valence-corrected chi connectivity index (χ4v) is 2.29. The second-order valence-electron chi connectivity index (χ2n) is 5.34. The number of benzene rings is 1. The summed E-state index contributed by atoms with van der Waals surface area (Å²) in [7, 11) is 0. The second kappa shape index (κ2) is 6.91. The molecule has 7 nitrogen and oxygen atoms in total. The zero-order valence-corrected chi connectivity index (χ0v) is 13.3. The lowest BCUT2D eigenvalue weighted by Gasteiger charge is -2.08. The summed E-state index contributed by atoms with van der Waals surface area (Å²) >= 11 is 0. The minimum absolute atomic E-state index is 0.130. The van der Waals surface area contributed by atoms with Crippen LogP contribution < -0.4 is 16.4 Å². The van der Waals surface area contributed by atoms with Gasteiger partial charge in [0.05, 0.1) is 5.52 Å². The molecule has 0 bridgehead atoms. The van der Waals surface area contributed by atoms with Gasteiger partial charge in [-0.25, -0.2) is 9.97 Å². The summed E-state index contributed by atoms with van der Waals surface area (Å²) in [5, 5.41) is 6.59. The normalized spacial score (nSPS) is 10.5. The summed E-state index contributed by atoms with van der Waals surface area (Å²) in [5.41, 5.74) is 7.54. The van der Waals surface area contributed by atoms with Crippen molar-refractivity contribution in [3.63, 3.8) is 0 Å². The van der Waals surface area contributed by atoms with Gasteiger partial charge in [0.25, 0.3) is 0 Å². The molecule has 0 fully saturated rings. The predicted octanol–water partition coefficient (Wildman–Crippen LogP) is 2.36. The largest absolute Gasteiger partial charge is 0.383 e. The Hall–Kier alpha value is -3.22. The van der Waals surface area contributed by atoms with Crippen molar-refractivity contribution >= 4 is 34.4 Å². The van der Waals surface area contributed by atoms with Gasteiger partial charge in [0.15, 0.2) is 0 Å². The number of aromatic nitrogens is 3. The minimum atomic E-state index is -0.130. The minimum Gasteiger partial charge on any atom is -0.383 e. The van der Waals surface area contributed by atoms with Crippen molar-refractivity contribution in [3.05, 3.63) is 48.2 Å². The standard InChI is InChI=1S/C17H18N6O/c1-11-5-4-8-14(20-11)22-15(24)9-10-19-17-21-13-7-3-2-6-12(13)16(18)23-17/h2-8H,9-10H2,1H3,(H,20,22,24)(H3,18,19,21,23). The maximum Gasteiger partial charge on any atom is 0.227 e. The predicted molar refractivity (Wildman–Crippen MR) is 94.7 cm³/mol. The topological polar surface area (TPSA) is 106 Å². The Labute approximate surface area is 139 Å². The number of nitrogens with zero attached hydrogens (tertiary/aromatic N) is 3. The maximum absolute atomic E-state index is 11.9. The quantitative estimate of drug-likeness (QED) is 0.666. The number of anilines is 3. The van der Waals surface area contributed by atoms with Crippen LogP contribution in [0.2, 0.25) is 0 Å². The molecule has 0 saturated carbocycles. The van der Waals surface area contributed by atoms with E-state index in [1.165, 1.54) is 0 Å². The molecule has 4 N–H and O–H groups in total. The van der Waals surface area contributed by atoms with Crippen LogP contribution in [-0.2, 0) is 4.79 Å². The van der Waals surface area contributed by atoms with Crippen molar-refractivity contribution < 1.29 is 4.79 Å². The van der Waals surface area contributed by atoms with Gasteiger partial charge in [-0.2, -0.15) is 4.98 Å². The van der Waals surface area contributed by atoms with E-state index in [1.807, 2.05) is 43.3 Å². The number of fused-ring (bicyclic) bond motifs is 1. The van der Waals surface area contributed by atoms with E-state index in [1.54, 1.807) is 6.07 Å². The zero-order chi connectivity index (χ0) is 16.9. The molecule has 2 heterocycles. The SMILES string of the molecule is Cc1cccc(NC(=O)CCNc2nc(N)c3ccccc3n2)n1. The summed E-state index contributed by atoms with van der Waals surface area (Å²) in [6, 6.07) is 13.0. The lowest BCUT2D eigenvalue weighted by Crippen LogP contribution is -2.18. The van der Waals surface area contributed by atoms with Gasteiger partial charge >= 0.3 is 0 Å². The van der Waals surface area contributed by atoms with Crippen LogP contribution in [0.4, 0.5) is 17.6 Å². The molecule has 24 heavy (non-hydrogen) atoms. The van der Waals surface area contributed by atoms with Crippen molar-refractivity contribution in [2.45, 2.75) is 13.3 Å². The molecule has 0 radical (unpaired) electrons. The number of hydrogen-bond acceptors (Lipinski definition) is 6. The first-order valence-electron chi connectivity index (χ1n) is 7.61. The molecule has 122 valence electrons. The number of nitrogen functional groups attached to an aromatic ring is 1. The zero-order valence-electron chi connectivity index (χ0n) is 13.3. The number of aryl methyl sites for hydroxylation is 1. The number of amides is 1. The molecule has 3 aromatic rings. The van der Waals surface area contributed by atoms with E-state index >= 15 is 0 Å². The van der Waals surface area contributed by atoms with Gasteiger partial charge in [-0.1, -0.05) is 18.2 Å². The van der Waals surface area contributed by atoms with Crippen molar-refractivity contribution in [2.75, 3.05) is 22.9 Å². The number of pyridine rings is 1. The smallest absolute Gasteiger partial charge is 0.227 e. The van der Waals surface area contributed by atoms with Gasteiger partial charge in [-0.15, -0.1) is 0 Å². The molecular weight excluding hydrogens is 304 g/mol. The van der Waals surface area contributed by atoms with E-state index in [4.69, 9.17) is 5.73 Å². The number of hydrogen-bond donors (Lipinski definition) is 3. The van der Waals surface area contributed by atoms with Gasteiger partial charge in [0.1, 0.15) is 11.6 Å². The van der Waals surface area contributed by atoms with Crippen LogP contribution in [0.3, 0.4) is 0 Å². The van der Waals surface area contributed by atoms with Crippen molar-refractivity contribution in [2.24, 2.45) is 0 Å². The molecule has 0 aliphatic rings. The molecule has 0 aliphatic carbocycles. The number of nitrogens with two attached hydrogens (primary N) is 1. The van der Waals surface area contributed by atoms with Crippen molar-refractivity contribution in [1.29, 1.82) is 0 Å². The molecule has 1 amide bonds. The average molecular weight is 322 g/mol. The van der Waals surface area contributed by atoms with Crippen LogP contribution in [-0.4, -0.2) is 27.4 Å². The molecule has 7 heteroatoms. The first-order valence-corrected chi connectivity index (χ1v) is 7.61. The second-order valence-corrected chi connectivity index (χ2v) is 5.34. The van der Waals surface area contributed by atoms with E-state index in [0.717, 1.165) is 16.6 Å². The molecule has 0 saturated heterocycles. The summed E-state index contributed by atoms with van der Waals surface area (Å²) in [6.07, 6.45) is 0.270. The van der Waals surface area contributed by atoms with Gasteiger partial charge in [-0.3, -0.25) is 4.79 Å². The summed E-state index contributed by atoms with van der Waals surface area (Å²) in [5.74, 6) is 1.24. The molecule has 2 aromatic heterocycles. The number of carbonyl (C=O) groups excluding carboxylic acids is 1. The summed E-state index contributed by atoms with van der Waals surface area (Å²) < 4.78 is 0. The van der Waals surface area contributed by atoms with E-state index < -0.39 is 0 Å². The Morgan fingerprint density at radius 2 is 1.92 bits per heavy atom. The van der Waals surface area contributed by atoms with Crippen LogP contribution in [0.15, 0.2) is 42.5 Å². The molecule has 0 aliphatic heterocycles. The monoisotopic (exact) mass is 322 g/mol. The van der Waals surface area contributed by atoms with E-state index in [2.05, 4.69) is 25.6 Å². The van der Waals surface area contributed by atoms with Gasteiger partial charge < -0.3 is 16.4 Å². The Bertz CT molecular complexity index is 880. The highest BCUT2D eigenvalue weighted by Gasteiger charge is 2.06. The van der Waals surface area contributed by atoms with Crippen molar-refractivity contribution in [3.8, 4) is 0 Å². The number of nitrogens with one attached hydrogen (secondary N) is 2. The van der Waals surface area contributed by atoms with Gasteiger partial charge in [0.2, 0.25) is 11.9 Å². The molecule has 0 atom stereocenters. The Morgan fingerprint density at radius 1 is 1.08 bits per heavy atom. The van der Waals surface area contributed by atoms with Crippen LogP contribution in [0.5, 0.6) is 0 Å². The van der Waals surface area contributed by atoms with E-state index in [9.17, 15) is 4.79 Å². The number of rotatable bonds is 5. The number of para-hydroxylation sites is 1. The number of carbonyl (C=O) groups is 1. The van der Waals surface area contributed by atoms with Gasteiger partial charge in [-0.05, 0) is 31.2 Å². The third-order valence-corrected chi connectivity index (χ3v) is 3.42. The summed E-state index contributed by atoms with van der Waals surface area (Å²) in [4.78, 5) is 24.8. The van der Waals surface area contributed by atoms with Crippen LogP contribution in [0.25, 0.3) is 10.9 Å². The Morgan fingerprint density at radius 3 is 2.75 bits per heavy atom. The van der Waals surface area contributed by atoms with Crippen LogP contribution >= 0.6 is 0 Å². The molecule has 0 unspecified atom stereocenters. The Balaban J connectivity index is 1.57. The molecule has 1 aromatic carbocycles. The fourth-order valence-electron chi connectivity index (χ4n) is 2.29. The van der Waals surface area contributed by atoms with Crippen LogP contribution in [0.1, 0.15) is 12.1 Å². The van der Waals surface area contributed by atoms with E-state index in [-0.39, 0.29) is 12.3 Å². The highest BCUT2D eigenvalue weighted by Crippen LogP contribution is 2.18.